The van der Waals surface area contributed by atoms with Gasteiger partial charge in [-0.1, -0.05) is 46.4 Å². The van der Waals surface area contributed by atoms with Gasteiger partial charge in [-0.15, -0.1) is 35.0 Å². The molecule has 0 saturated heterocycles. The molecule has 0 saturated carbocycles. The second-order valence-electron chi connectivity index (χ2n) is 4.22. The van der Waals surface area contributed by atoms with Gasteiger partial charge in [0.15, 0.2) is 11.5 Å². The van der Waals surface area contributed by atoms with Crippen LogP contribution in [0.15, 0.2) is 0 Å². The van der Waals surface area contributed by atoms with Crippen LogP contribution in [0.3, 0.4) is 0 Å². The Hall–Kier alpha value is 0.910. The van der Waals surface area contributed by atoms with E-state index < -0.39 is 0 Å². The van der Waals surface area contributed by atoms with Gasteiger partial charge in [-0.25, -0.2) is 0 Å². The Balaban J connectivity index is 2.45. The molecule has 0 aliphatic carbocycles. The zero-order valence-electron chi connectivity index (χ0n) is 10.5. The van der Waals surface area contributed by atoms with E-state index in [9.17, 15) is 0 Å². The summed E-state index contributed by atoms with van der Waals surface area (Å²) in [5, 5.41) is 0.707. The Morgan fingerprint density at radius 2 is 1.14 bits per heavy atom. The highest BCUT2D eigenvalue weighted by Gasteiger charge is 2.27. The number of halogens is 6. The fourth-order valence-corrected chi connectivity index (χ4v) is 4.24. The van der Waals surface area contributed by atoms with Crippen molar-refractivity contribution in [1.29, 1.82) is 0 Å². The molecule has 1 aromatic rings. The maximum atomic E-state index is 6.18. The van der Waals surface area contributed by atoms with Crippen LogP contribution in [0.5, 0.6) is 11.5 Å². The number of rotatable bonds is 2. The van der Waals surface area contributed by atoms with Crippen LogP contribution < -0.4 is 9.47 Å². The highest BCUT2D eigenvalue weighted by atomic mass is 35.5. The zero-order valence-corrected chi connectivity index (χ0v) is 15.8. The van der Waals surface area contributed by atoms with E-state index in [-0.39, 0.29) is 42.1 Å². The molecule has 0 bridgehead atoms. The molecule has 1 aliphatic rings. The molecule has 9 heteroatoms. The molecule has 1 aromatic carbocycles. The van der Waals surface area contributed by atoms with Gasteiger partial charge in [-0.05, 0) is 0 Å². The minimum absolute atomic E-state index is 0.0502. The summed E-state index contributed by atoms with van der Waals surface area (Å²) in [5.41, 5.74) is 0. The third kappa shape index (κ3) is 4.06. The standard InChI is InChI=1S/C12H10Cl6O2S/c13-1-5-3-19-11-9(17)7(15)8(16)10(18)12(11)20-4-6(2-14)21-5/h5-6H,1-4H2/t5-,6-/m0/s1. The molecule has 2 atom stereocenters. The minimum Gasteiger partial charge on any atom is -0.487 e. The van der Waals surface area contributed by atoms with Crippen molar-refractivity contribution in [3.8, 4) is 11.5 Å². The Bertz CT molecular complexity index is 482. The third-order valence-corrected chi connectivity index (χ3v) is 6.99. The van der Waals surface area contributed by atoms with Crippen LogP contribution in [0.2, 0.25) is 20.1 Å². The van der Waals surface area contributed by atoms with Crippen molar-refractivity contribution in [2.75, 3.05) is 25.0 Å². The van der Waals surface area contributed by atoms with Gasteiger partial charge in [0, 0.05) is 11.8 Å². The molecule has 118 valence electrons. The molecule has 0 fully saturated rings. The summed E-state index contributed by atoms with van der Waals surface area (Å²) in [7, 11) is 0. The van der Waals surface area contributed by atoms with Gasteiger partial charge in [0.1, 0.15) is 23.3 Å². The second-order valence-corrected chi connectivity index (χ2v) is 7.96. The van der Waals surface area contributed by atoms with Crippen LogP contribution in [0.25, 0.3) is 0 Å². The summed E-state index contributed by atoms with van der Waals surface area (Å²) in [5.74, 6) is 1.39. The average Bonchev–Trinajstić information content (AvgIpc) is 2.59. The molecule has 2 rings (SSSR count). The van der Waals surface area contributed by atoms with E-state index >= 15 is 0 Å². The number of alkyl halides is 2. The largest absolute Gasteiger partial charge is 0.487 e. The number of benzene rings is 1. The molecule has 0 spiro atoms. The van der Waals surface area contributed by atoms with E-state index in [1.54, 1.807) is 11.8 Å². The highest BCUT2D eigenvalue weighted by molar-refractivity contribution is 8.00. The Morgan fingerprint density at radius 1 is 0.762 bits per heavy atom. The summed E-state index contributed by atoms with van der Waals surface area (Å²) in [4.78, 5) is 0. The first kappa shape index (κ1) is 18.3. The van der Waals surface area contributed by atoms with Gasteiger partial charge >= 0.3 is 0 Å². The summed E-state index contributed by atoms with van der Waals surface area (Å²) in [6, 6.07) is 0. The van der Waals surface area contributed by atoms with Crippen LogP contribution in [-0.4, -0.2) is 35.5 Å². The molecule has 1 aliphatic heterocycles. The summed E-state index contributed by atoms with van der Waals surface area (Å²) < 4.78 is 11.4. The summed E-state index contributed by atoms with van der Waals surface area (Å²) >= 11 is 37.9. The molecule has 1 heterocycles. The van der Waals surface area contributed by atoms with Crippen LogP contribution in [0.4, 0.5) is 0 Å². The lowest BCUT2D eigenvalue weighted by atomic mass is 10.3. The van der Waals surface area contributed by atoms with Crippen molar-refractivity contribution in [1.82, 2.24) is 0 Å². The van der Waals surface area contributed by atoms with Crippen LogP contribution in [0, 0.1) is 0 Å². The van der Waals surface area contributed by atoms with Crippen LogP contribution >= 0.6 is 81.4 Å². The fourth-order valence-electron chi connectivity index (χ4n) is 1.71. The van der Waals surface area contributed by atoms with Crippen LogP contribution in [0.1, 0.15) is 0 Å². The SMILES string of the molecule is ClC[C@H]1COc2c(Cl)c(Cl)c(Cl)c(Cl)c2OC[C@H](CCl)S1. The van der Waals surface area contributed by atoms with E-state index in [2.05, 4.69) is 0 Å². The first-order valence-electron chi connectivity index (χ1n) is 5.88. The van der Waals surface area contributed by atoms with E-state index in [0.717, 1.165) is 0 Å². The van der Waals surface area contributed by atoms with Crippen molar-refractivity contribution in [3.63, 3.8) is 0 Å². The summed E-state index contributed by atoms with van der Waals surface area (Å²) in [6.45, 7) is 0.678. The Morgan fingerprint density at radius 3 is 1.48 bits per heavy atom. The number of ether oxygens (including phenoxy) is 2. The van der Waals surface area contributed by atoms with Crippen molar-refractivity contribution in [2.24, 2.45) is 0 Å². The normalized spacial score (nSPS) is 22.4. The molecular weight excluding hydrogens is 421 g/mol. The average molecular weight is 431 g/mol. The van der Waals surface area contributed by atoms with Crippen molar-refractivity contribution in [3.05, 3.63) is 20.1 Å². The van der Waals surface area contributed by atoms with Gasteiger partial charge in [0.2, 0.25) is 0 Å². The lowest BCUT2D eigenvalue weighted by Gasteiger charge is -2.17. The fraction of sp³-hybridized carbons (Fsp3) is 0.500. The second kappa shape index (κ2) is 8.14. The minimum atomic E-state index is 0.0502. The molecule has 0 aromatic heterocycles. The predicted molar refractivity (Wildman–Crippen MR) is 94.1 cm³/mol. The van der Waals surface area contributed by atoms with Crippen molar-refractivity contribution < 1.29 is 9.47 Å². The zero-order chi connectivity index (χ0) is 15.6. The van der Waals surface area contributed by atoms with Gasteiger partial charge in [0.05, 0.1) is 20.5 Å². The summed E-state index contributed by atoms with van der Waals surface area (Å²) in [6.07, 6.45) is 0. The first-order chi connectivity index (χ1) is 9.99. The van der Waals surface area contributed by atoms with Crippen molar-refractivity contribution >= 4 is 81.4 Å². The van der Waals surface area contributed by atoms with E-state index in [1.807, 2.05) is 0 Å². The van der Waals surface area contributed by atoms with Gasteiger partial charge in [-0.2, -0.15) is 0 Å². The first-order valence-corrected chi connectivity index (χ1v) is 9.40. The molecular formula is C12H10Cl6O2S. The Labute approximate surface area is 157 Å². The molecule has 2 nitrogen and oxygen atoms in total. The van der Waals surface area contributed by atoms with Gasteiger partial charge < -0.3 is 9.47 Å². The molecule has 21 heavy (non-hydrogen) atoms. The topological polar surface area (TPSA) is 18.5 Å². The van der Waals surface area contributed by atoms with E-state index in [1.165, 1.54) is 0 Å². The predicted octanol–water partition coefficient (Wildman–Crippen LogP) is 6.02. The maximum Gasteiger partial charge on any atom is 0.183 e. The Kier molecular flexibility index (Phi) is 7.07. The maximum absolute atomic E-state index is 6.18. The van der Waals surface area contributed by atoms with Gasteiger partial charge in [0.25, 0.3) is 0 Å². The number of hydrogen-bond donors (Lipinski definition) is 0. The molecule has 0 unspecified atom stereocenters. The molecule has 0 amide bonds. The third-order valence-electron chi connectivity index (χ3n) is 2.74. The number of thioether (sulfide) groups is 1. The smallest absolute Gasteiger partial charge is 0.183 e. The van der Waals surface area contributed by atoms with E-state index in [4.69, 9.17) is 79.1 Å². The highest BCUT2D eigenvalue weighted by Crippen LogP contribution is 2.51. The van der Waals surface area contributed by atoms with Crippen molar-refractivity contribution in [2.45, 2.75) is 10.5 Å². The lowest BCUT2D eigenvalue weighted by Crippen LogP contribution is -2.23. The van der Waals surface area contributed by atoms with E-state index in [0.29, 0.717) is 25.0 Å². The lowest BCUT2D eigenvalue weighted by molar-refractivity contribution is 0.280. The quantitative estimate of drug-likeness (QED) is 0.324. The number of hydrogen-bond acceptors (Lipinski definition) is 3. The molecule has 0 radical (unpaired) electrons. The number of fused-ring (bicyclic) bond motifs is 1. The van der Waals surface area contributed by atoms with Crippen LogP contribution in [-0.2, 0) is 0 Å². The molecule has 0 N–H and O–H groups in total. The van der Waals surface area contributed by atoms with Gasteiger partial charge in [-0.3, -0.25) is 0 Å². The monoisotopic (exact) mass is 428 g/mol.